The lowest BCUT2D eigenvalue weighted by Crippen LogP contribution is -2.54. The van der Waals surface area contributed by atoms with Crippen LogP contribution in [0, 0.1) is 52.3 Å². The molecule has 4 aliphatic rings. The van der Waals surface area contributed by atoms with Crippen molar-refractivity contribution in [1.82, 2.24) is 0 Å². The summed E-state index contributed by atoms with van der Waals surface area (Å²) in [5.74, 6) is 6.29. The molecule has 0 aromatic rings. The first-order valence-corrected chi connectivity index (χ1v) is 20.8. The molecule has 4 rings (SSSR count). The summed E-state index contributed by atoms with van der Waals surface area (Å²) >= 11 is 0. The van der Waals surface area contributed by atoms with Crippen LogP contribution in [0.4, 0.5) is 0 Å². The molecule has 2 nitrogen and oxygen atoms in total. The summed E-state index contributed by atoms with van der Waals surface area (Å²) < 4.78 is 6.16. The molecule has 0 aromatic carbocycles. The predicted molar refractivity (Wildman–Crippen MR) is 202 cm³/mol. The molecule has 47 heavy (non-hydrogen) atoms. The fraction of sp³-hybridized carbons (Fsp3) is 0.844. The fourth-order valence-corrected chi connectivity index (χ4v) is 11.5. The molecule has 0 spiro atoms. The lowest BCUT2D eigenvalue weighted by atomic mass is 9.44. The maximum atomic E-state index is 12.8. The quantitative estimate of drug-likeness (QED) is 0.0791. The molecule has 0 amide bonds. The standard InChI is InChI=1S/C45H76O2/c1-7-8-9-10-11-12-13-14-15-16-17-18-19-20-21-25-43(46)47-38-30-32-44(5)37(34-38)26-27-39-41-29-28-40(36(4)24-22-23-35(2)3)45(41,6)33-31-42(39)44/h8-9,11-12,14-15,35-42H,7,10,13,16-34H2,1-6H3/t36-,37?,38?,39+,40-,41+,42+,44+,45-/m1/s1. The maximum Gasteiger partial charge on any atom is 0.306 e. The van der Waals surface area contributed by atoms with Crippen LogP contribution in [-0.4, -0.2) is 12.1 Å². The highest BCUT2D eigenvalue weighted by molar-refractivity contribution is 5.69. The van der Waals surface area contributed by atoms with Gasteiger partial charge in [-0.15, -0.1) is 0 Å². The summed E-state index contributed by atoms with van der Waals surface area (Å²) in [6.07, 6.45) is 41.1. The number of hydrogen-bond acceptors (Lipinski definition) is 2. The van der Waals surface area contributed by atoms with Gasteiger partial charge in [-0.25, -0.2) is 0 Å². The first-order valence-electron chi connectivity index (χ1n) is 20.8. The molecule has 0 N–H and O–H groups in total. The highest BCUT2D eigenvalue weighted by atomic mass is 16.5. The SMILES string of the molecule is CCC=CCC=CCC=CCCCCCCCC(=O)OC1CC[C@@]2(C)C(CC[C@H]3[C@@H]4CC[C@H]([C@H](C)CCCC(C)C)[C@@]4(C)CC[C@@H]32)C1. The third-order valence-corrected chi connectivity index (χ3v) is 14.1. The lowest BCUT2D eigenvalue weighted by molar-refractivity contribution is -0.162. The average Bonchev–Trinajstić information content (AvgIpc) is 3.40. The van der Waals surface area contributed by atoms with Crippen molar-refractivity contribution in [2.45, 2.75) is 189 Å². The Labute approximate surface area is 292 Å². The number of rotatable bonds is 19. The monoisotopic (exact) mass is 649 g/mol. The lowest BCUT2D eigenvalue weighted by Gasteiger charge is -2.61. The largest absolute Gasteiger partial charge is 0.462 e. The van der Waals surface area contributed by atoms with Crippen LogP contribution >= 0.6 is 0 Å². The molecule has 0 aliphatic heterocycles. The van der Waals surface area contributed by atoms with Gasteiger partial charge in [0.1, 0.15) is 6.10 Å². The second-order valence-corrected chi connectivity index (χ2v) is 17.7. The number of esters is 1. The van der Waals surface area contributed by atoms with Crippen LogP contribution < -0.4 is 0 Å². The Morgan fingerprint density at radius 1 is 0.723 bits per heavy atom. The third kappa shape index (κ3) is 10.6. The first-order chi connectivity index (χ1) is 22.7. The van der Waals surface area contributed by atoms with E-state index in [1.165, 1.54) is 89.9 Å². The van der Waals surface area contributed by atoms with E-state index in [1.54, 1.807) is 0 Å². The van der Waals surface area contributed by atoms with Gasteiger partial charge in [-0.2, -0.15) is 0 Å². The molecule has 2 heteroatoms. The molecule has 0 radical (unpaired) electrons. The minimum Gasteiger partial charge on any atom is -0.462 e. The maximum absolute atomic E-state index is 12.8. The highest BCUT2D eigenvalue weighted by Crippen LogP contribution is 2.68. The van der Waals surface area contributed by atoms with E-state index in [9.17, 15) is 4.79 Å². The minimum atomic E-state index is 0.0707. The van der Waals surface area contributed by atoms with E-state index >= 15 is 0 Å². The van der Waals surface area contributed by atoms with Gasteiger partial charge < -0.3 is 4.74 Å². The van der Waals surface area contributed by atoms with Gasteiger partial charge in [-0.05, 0) is 149 Å². The van der Waals surface area contributed by atoms with Gasteiger partial charge in [-0.1, -0.05) is 117 Å². The molecule has 2 unspecified atom stereocenters. The molecule has 0 bridgehead atoms. The van der Waals surface area contributed by atoms with Crippen molar-refractivity contribution in [2.75, 3.05) is 0 Å². The van der Waals surface area contributed by atoms with Crippen molar-refractivity contribution in [3.05, 3.63) is 36.5 Å². The molecule has 268 valence electrons. The van der Waals surface area contributed by atoms with Gasteiger partial charge >= 0.3 is 5.97 Å². The Balaban J connectivity index is 1.11. The number of unbranched alkanes of at least 4 members (excludes halogenated alkanes) is 5. The van der Waals surface area contributed by atoms with Crippen LogP contribution in [0.3, 0.4) is 0 Å². The Morgan fingerprint density at radius 3 is 2.17 bits per heavy atom. The minimum absolute atomic E-state index is 0.0707. The summed E-state index contributed by atoms with van der Waals surface area (Å²) in [6, 6.07) is 0. The van der Waals surface area contributed by atoms with Crippen LogP contribution in [0.1, 0.15) is 183 Å². The molecule has 4 aliphatic carbocycles. The Morgan fingerprint density at radius 2 is 1.40 bits per heavy atom. The van der Waals surface area contributed by atoms with Gasteiger partial charge in [-0.3, -0.25) is 4.79 Å². The topological polar surface area (TPSA) is 26.3 Å². The van der Waals surface area contributed by atoms with Gasteiger partial charge in [0.2, 0.25) is 0 Å². The zero-order chi connectivity index (χ0) is 33.7. The highest BCUT2D eigenvalue weighted by Gasteiger charge is 2.60. The average molecular weight is 649 g/mol. The van der Waals surface area contributed by atoms with E-state index in [1.807, 2.05) is 0 Å². The smallest absolute Gasteiger partial charge is 0.306 e. The molecule has 4 saturated carbocycles. The first kappa shape index (κ1) is 38.5. The molecule has 0 heterocycles. The van der Waals surface area contributed by atoms with E-state index in [0.29, 0.717) is 17.3 Å². The van der Waals surface area contributed by atoms with Crippen LogP contribution in [-0.2, 0) is 9.53 Å². The second-order valence-electron chi connectivity index (χ2n) is 17.7. The third-order valence-electron chi connectivity index (χ3n) is 14.1. The van der Waals surface area contributed by atoms with Crippen molar-refractivity contribution in [2.24, 2.45) is 52.3 Å². The predicted octanol–water partition coefficient (Wildman–Crippen LogP) is 13.6. The van der Waals surface area contributed by atoms with E-state index in [4.69, 9.17) is 4.74 Å². The summed E-state index contributed by atoms with van der Waals surface area (Å²) in [5.41, 5.74) is 1.04. The van der Waals surface area contributed by atoms with E-state index in [0.717, 1.165) is 86.4 Å². The Hall–Kier alpha value is -1.31. The Kier molecular flexibility index (Phi) is 15.7. The summed E-state index contributed by atoms with van der Waals surface area (Å²) in [7, 11) is 0. The summed E-state index contributed by atoms with van der Waals surface area (Å²) in [6.45, 7) is 14.9. The van der Waals surface area contributed by atoms with Gasteiger partial charge in [0, 0.05) is 6.42 Å². The van der Waals surface area contributed by atoms with Crippen molar-refractivity contribution in [1.29, 1.82) is 0 Å². The van der Waals surface area contributed by atoms with Crippen LogP contribution in [0.25, 0.3) is 0 Å². The molecular formula is C45H76O2. The van der Waals surface area contributed by atoms with Crippen molar-refractivity contribution in [3.63, 3.8) is 0 Å². The van der Waals surface area contributed by atoms with Crippen LogP contribution in [0.15, 0.2) is 36.5 Å². The van der Waals surface area contributed by atoms with E-state index < -0.39 is 0 Å². The molecule has 9 atom stereocenters. The fourth-order valence-electron chi connectivity index (χ4n) is 11.5. The van der Waals surface area contributed by atoms with Gasteiger partial charge in [0.05, 0.1) is 0 Å². The molecule has 0 saturated heterocycles. The number of fused-ring (bicyclic) bond motifs is 5. The molecule has 0 aromatic heterocycles. The zero-order valence-corrected chi connectivity index (χ0v) is 32.0. The number of hydrogen-bond donors (Lipinski definition) is 0. The summed E-state index contributed by atoms with van der Waals surface area (Å²) in [5, 5.41) is 0. The van der Waals surface area contributed by atoms with Crippen LogP contribution in [0.5, 0.6) is 0 Å². The van der Waals surface area contributed by atoms with Crippen molar-refractivity contribution < 1.29 is 9.53 Å². The molecule has 4 fully saturated rings. The van der Waals surface area contributed by atoms with E-state index in [2.05, 4.69) is 78.0 Å². The van der Waals surface area contributed by atoms with Gasteiger partial charge in [0.25, 0.3) is 0 Å². The number of carbonyl (C=O) groups is 1. The van der Waals surface area contributed by atoms with Crippen molar-refractivity contribution in [3.8, 4) is 0 Å². The Bertz CT molecular complexity index is 1010. The summed E-state index contributed by atoms with van der Waals surface area (Å²) in [4.78, 5) is 12.8. The zero-order valence-electron chi connectivity index (χ0n) is 32.0. The van der Waals surface area contributed by atoms with Crippen LogP contribution in [0.2, 0.25) is 0 Å². The second kappa shape index (κ2) is 19.2. The molecular weight excluding hydrogens is 572 g/mol. The van der Waals surface area contributed by atoms with Crippen molar-refractivity contribution >= 4 is 5.97 Å². The van der Waals surface area contributed by atoms with Gasteiger partial charge in [0.15, 0.2) is 0 Å². The number of carbonyl (C=O) groups excluding carboxylic acids is 1. The number of ether oxygens (including phenoxy) is 1. The number of allylic oxidation sites excluding steroid dienone is 6. The van der Waals surface area contributed by atoms with E-state index in [-0.39, 0.29) is 12.1 Å². The normalized spacial score (nSPS) is 34.6.